The average Bonchev–Trinajstić information content (AvgIpc) is 2.91. The van der Waals surface area contributed by atoms with Gasteiger partial charge in [0, 0.05) is 19.5 Å². The molecule has 0 aliphatic rings. The lowest BCUT2D eigenvalue weighted by Gasteiger charge is -2.24. The SMILES string of the molecule is NC(N)=NCCCC(N)C(=O)NC(CC(=O)O)C(=O)NC(CCCN=C(N)N)C(=O)NC(Cc1ccccc1)C(=O)O. The van der Waals surface area contributed by atoms with Crippen LogP contribution in [-0.4, -0.2) is 89.0 Å². The Balaban J connectivity index is 3.03. The number of aliphatic imine (C=N–C) groups is 2. The van der Waals surface area contributed by atoms with Crippen molar-refractivity contribution < 1.29 is 34.2 Å². The summed E-state index contributed by atoms with van der Waals surface area (Å²) in [6, 6.07) is 3.25. The summed E-state index contributed by atoms with van der Waals surface area (Å²) in [5.74, 6) is -5.65. The van der Waals surface area contributed by atoms with Crippen LogP contribution in [0, 0.1) is 0 Å². The largest absolute Gasteiger partial charge is 0.481 e. The summed E-state index contributed by atoms with van der Waals surface area (Å²) in [5, 5.41) is 26.1. The average molecular weight is 593 g/mol. The molecule has 232 valence electrons. The maximum absolute atomic E-state index is 13.2. The highest BCUT2D eigenvalue weighted by Crippen LogP contribution is 2.07. The molecule has 0 bridgehead atoms. The van der Waals surface area contributed by atoms with Gasteiger partial charge in [0.05, 0.1) is 12.5 Å². The van der Waals surface area contributed by atoms with Crippen LogP contribution >= 0.6 is 0 Å². The first-order valence-electron chi connectivity index (χ1n) is 13.1. The predicted octanol–water partition coefficient (Wildman–Crippen LogP) is -3.32. The highest BCUT2D eigenvalue weighted by molar-refractivity contribution is 5.95. The van der Waals surface area contributed by atoms with E-state index in [4.69, 9.17) is 28.7 Å². The van der Waals surface area contributed by atoms with E-state index in [1.807, 2.05) is 0 Å². The molecule has 1 rings (SSSR count). The Labute approximate surface area is 242 Å². The number of carbonyl (C=O) groups is 5. The standard InChI is InChI=1S/C25H40N10O7/c26-15(8-4-10-31-24(27)28)20(38)34-17(13-19(36)37)22(40)33-16(9-5-11-32-25(29)30)21(39)35-18(23(41)42)12-14-6-2-1-3-7-14/h1-3,6-7,15-18H,4-5,8-13,26H2,(H,33,40)(H,34,38)(H,35,39)(H,36,37)(H,41,42)(H4,27,28,31)(H4,29,30,32). The van der Waals surface area contributed by atoms with Gasteiger partial charge in [0.2, 0.25) is 17.7 Å². The molecule has 1 aromatic carbocycles. The van der Waals surface area contributed by atoms with Gasteiger partial charge in [-0.15, -0.1) is 0 Å². The second-order valence-electron chi connectivity index (χ2n) is 9.31. The van der Waals surface area contributed by atoms with Crippen LogP contribution in [0.3, 0.4) is 0 Å². The number of aliphatic carboxylic acids is 2. The van der Waals surface area contributed by atoms with Crippen molar-refractivity contribution in [2.24, 2.45) is 38.7 Å². The molecule has 0 aliphatic carbocycles. The number of benzene rings is 1. The number of carboxylic acid groups (broad SMARTS) is 2. The first-order chi connectivity index (χ1) is 19.8. The van der Waals surface area contributed by atoms with Crippen molar-refractivity contribution in [3.8, 4) is 0 Å². The van der Waals surface area contributed by atoms with Crippen molar-refractivity contribution in [1.82, 2.24) is 16.0 Å². The zero-order chi connectivity index (χ0) is 31.7. The number of guanidine groups is 2. The van der Waals surface area contributed by atoms with E-state index < -0.39 is 60.2 Å². The third-order valence-corrected chi connectivity index (χ3v) is 5.79. The summed E-state index contributed by atoms with van der Waals surface area (Å²) in [6.45, 7) is 0.305. The third kappa shape index (κ3) is 14.5. The molecule has 15 N–H and O–H groups in total. The maximum atomic E-state index is 13.2. The van der Waals surface area contributed by atoms with E-state index in [0.29, 0.717) is 12.0 Å². The summed E-state index contributed by atoms with van der Waals surface area (Å²) in [4.78, 5) is 69.7. The highest BCUT2D eigenvalue weighted by Gasteiger charge is 2.31. The number of amides is 3. The van der Waals surface area contributed by atoms with E-state index >= 15 is 0 Å². The Morgan fingerprint density at radius 1 is 0.714 bits per heavy atom. The van der Waals surface area contributed by atoms with E-state index in [0.717, 1.165) is 0 Å². The number of carboxylic acids is 2. The topological polar surface area (TPSA) is 317 Å². The molecule has 0 radical (unpaired) electrons. The second-order valence-corrected chi connectivity index (χ2v) is 9.31. The molecular weight excluding hydrogens is 552 g/mol. The molecule has 0 spiro atoms. The van der Waals surface area contributed by atoms with Gasteiger partial charge in [0.1, 0.15) is 18.1 Å². The van der Waals surface area contributed by atoms with E-state index in [1.165, 1.54) is 0 Å². The van der Waals surface area contributed by atoms with Gasteiger partial charge < -0.3 is 54.8 Å². The Morgan fingerprint density at radius 2 is 1.21 bits per heavy atom. The molecule has 0 aliphatic heterocycles. The van der Waals surface area contributed by atoms with E-state index in [-0.39, 0.29) is 50.7 Å². The van der Waals surface area contributed by atoms with Crippen LogP contribution in [0.15, 0.2) is 40.3 Å². The highest BCUT2D eigenvalue weighted by atomic mass is 16.4. The summed E-state index contributed by atoms with van der Waals surface area (Å²) >= 11 is 0. The number of nitrogens with one attached hydrogen (secondary N) is 3. The molecule has 0 saturated heterocycles. The molecule has 17 heteroatoms. The van der Waals surface area contributed by atoms with Crippen molar-refractivity contribution in [2.75, 3.05) is 13.1 Å². The van der Waals surface area contributed by atoms with Gasteiger partial charge in [-0.25, -0.2) is 4.79 Å². The molecule has 17 nitrogen and oxygen atoms in total. The fourth-order valence-corrected chi connectivity index (χ4v) is 3.68. The van der Waals surface area contributed by atoms with Crippen molar-refractivity contribution in [3.05, 3.63) is 35.9 Å². The summed E-state index contributed by atoms with van der Waals surface area (Å²) in [7, 11) is 0. The van der Waals surface area contributed by atoms with Gasteiger partial charge in [-0.2, -0.15) is 0 Å². The van der Waals surface area contributed by atoms with Crippen molar-refractivity contribution >= 4 is 41.6 Å². The van der Waals surface area contributed by atoms with Crippen LogP contribution in [0.4, 0.5) is 0 Å². The molecule has 4 unspecified atom stereocenters. The minimum absolute atomic E-state index is 0.0324. The van der Waals surface area contributed by atoms with Crippen LogP contribution in [0.1, 0.15) is 37.7 Å². The van der Waals surface area contributed by atoms with Gasteiger partial charge in [0.25, 0.3) is 0 Å². The van der Waals surface area contributed by atoms with Gasteiger partial charge in [-0.1, -0.05) is 30.3 Å². The molecule has 1 aromatic rings. The number of hydrogen-bond donors (Lipinski definition) is 10. The Hall–Kier alpha value is -4.93. The fraction of sp³-hybridized carbons (Fsp3) is 0.480. The summed E-state index contributed by atoms with van der Waals surface area (Å²) < 4.78 is 0. The Bertz CT molecular complexity index is 1120. The van der Waals surface area contributed by atoms with Crippen molar-refractivity contribution in [3.63, 3.8) is 0 Å². The Morgan fingerprint density at radius 3 is 1.74 bits per heavy atom. The lowest BCUT2D eigenvalue weighted by molar-refractivity contribution is -0.143. The first kappa shape index (κ1) is 35.1. The zero-order valence-corrected chi connectivity index (χ0v) is 23.1. The zero-order valence-electron chi connectivity index (χ0n) is 23.1. The molecule has 42 heavy (non-hydrogen) atoms. The molecular formula is C25H40N10O7. The van der Waals surface area contributed by atoms with Crippen LogP contribution in [0.25, 0.3) is 0 Å². The smallest absolute Gasteiger partial charge is 0.326 e. The third-order valence-electron chi connectivity index (χ3n) is 5.79. The first-order valence-corrected chi connectivity index (χ1v) is 13.1. The quantitative estimate of drug-likeness (QED) is 0.0428. The number of nitrogens with two attached hydrogens (primary N) is 5. The molecule has 4 atom stereocenters. The van der Waals surface area contributed by atoms with E-state index in [1.54, 1.807) is 30.3 Å². The van der Waals surface area contributed by atoms with Gasteiger partial charge in [-0.3, -0.25) is 29.2 Å². The molecule has 3 amide bonds. The number of carbonyl (C=O) groups excluding carboxylic acids is 3. The lowest BCUT2D eigenvalue weighted by Crippen LogP contribution is -2.57. The monoisotopic (exact) mass is 592 g/mol. The van der Waals surface area contributed by atoms with E-state index in [2.05, 4.69) is 25.9 Å². The summed E-state index contributed by atoms with van der Waals surface area (Å²) in [6.07, 6.45) is -0.207. The molecule has 0 saturated carbocycles. The number of hydrogen-bond acceptors (Lipinski definition) is 8. The summed E-state index contributed by atoms with van der Waals surface area (Å²) in [5.41, 5.74) is 27.6. The lowest BCUT2D eigenvalue weighted by atomic mass is 10.0. The van der Waals surface area contributed by atoms with Crippen LogP contribution in [0.2, 0.25) is 0 Å². The van der Waals surface area contributed by atoms with Gasteiger partial charge >= 0.3 is 11.9 Å². The number of nitrogens with zero attached hydrogens (tertiary/aromatic N) is 2. The second kappa shape index (κ2) is 18.4. The fourth-order valence-electron chi connectivity index (χ4n) is 3.68. The molecule has 0 aromatic heterocycles. The van der Waals surface area contributed by atoms with Crippen LogP contribution < -0.4 is 44.6 Å². The normalized spacial score (nSPS) is 13.4. The number of rotatable bonds is 19. The molecule has 0 fully saturated rings. The van der Waals surface area contributed by atoms with Gasteiger partial charge in [-0.05, 0) is 31.2 Å². The van der Waals surface area contributed by atoms with Gasteiger partial charge in [0.15, 0.2) is 11.9 Å². The minimum Gasteiger partial charge on any atom is -0.481 e. The van der Waals surface area contributed by atoms with E-state index in [9.17, 15) is 34.2 Å². The van der Waals surface area contributed by atoms with Crippen LogP contribution in [-0.2, 0) is 30.4 Å². The molecule has 0 heterocycles. The maximum Gasteiger partial charge on any atom is 0.326 e. The minimum atomic E-state index is -1.59. The van der Waals surface area contributed by atoms with Crippen molar-refractivity contribution in [1.29, 1.82) is 0 Å². The van der Waals surface area contributed by atoms with Crippen LogP contribution in [0.5, 0.6) is 0 Å². The Kier molecular flexibility index (Phi) is 15.4. The predicted molar refractivity (Wildman–Crippen MR) is 154 cm³/mol. The van der Waals surface area contributed by atoms with Crippen molar-refractivity contribution in [2.45, 2.75) is 62.7 Å².